The molecule has 3 heterocycles. The van der Waals surface area contributed by atoms with E-state index in [-0.39, 0.29) is 13.2 Å². The van der Waals surface area contributed by atoms with Crippen molar-refractivity contribution in [2.24, 2.45) is 21.1 Å². The van der Waals surface area contributed by atoms with Crippen LogP contribution in [-0.2, 0) is 63.1 Å². The lowest BCUT2D eigenvalue weighted by Gasteiger charge is -2.12. The number of ether oxygens (including phenoxy) is 2. The van der Waals surface area contributed by atoms with E-state index in [0.717, 1.165) is 79.5 Å². The highest BCUT2D eigenvalue weighted by molar-refractivity contribution is 6.35. The third kappa shape index (κ3) is 6.19. The Bertz CT molecular complexity index is 2140. The fourth-order valence-electron chi connectivity index (χ4n) is 6.70. The van der Waals surface area contributed by atoms with Gasteiger partial charge in [0.25, 0.3) is 0 Å². The van der Waals surface area contributed by atoms with E-state index in [1.54, 1.807) is 0 Å². The van der Waals surface area contributed by atoms with Gasteiger partial charge < -0.3 is 24.3 Å². The third-order valence-corrected chi connectivity index (χ3v) is 9.43. The van der Waals surface area contributed by atoms with Crippen molar-refractivity contribution in [3.05, 3.63) is 99.2 Å². The zero-order valence-corrected chi connectivity index (χ0v) is 28.6. The van der Waals surface area contributed by atoms with E-state index >= 15 is 0 Å². The van der Waals surface area contributed by atoms with E-state index < -0.39 is 5.97 Å². The number of benzene rings is 3. The van der Waals surface area contributed by atoms with Crippen LogP contribution < -0.4 is 0 Å². The number of fused-ring (bicyclic) bond motifs is 2. The van der Waals surface area contributed by atoms with Crippen LogP contribution in [0.15, 0.2) is 54.6 Å². The zero-order valence-electron chi connectivity index (χ0n) is 27.9. The summed E-state index contributed by atoms with van der Waals surface area (Å²) < 4.78 is 16.9. The van der Waals surface area contributed by atoms with Crippen LogP contribution in [0.2, 0.25) is 5.02 Å². The number of carbonyl (C=O) groups excluding carboxylic acids is 1. The molecule has 2 N–H and O–H groups in total. The standard InChI is InChI=1S/C37H40ClN5O5/c1-22-33(34-30(38)15-14-29-28(11-8-16-44)36(37(46)47-5)41(2)35(29)34)31(40-42(22)3)21-48-20-25-19-26(43(4)39-25)13-12-23-17-24-9-6-7-10-27(24)32(45)18-23/h6-7,9-10,14-15,17-19,44-45H,8,11-13,16,20-21H2,1-5H3. The Kier molecular flexibility index (Phi) is 9.59. The molecule has 0 aliphatic carbocycles. The van der Waals surface area contributed by atoms with Gasteiger partial charge in [0.1, 0.15) is 11.4 Å². The average molecular weight is 670 g/mol. The number of carbonyl (C=O) groups is 1. The number of aliphatic hydroxyl groups is 1. The molecular weight excluding hydrogens is 630 g/mol. The van der Waals surface area contributed by atoms with Crippen molar-refractivity contribution in [3.63, 3.8) is 0 Å². The fourth-order valence-corrected chi connectivity index (χ4v) is 6.95. The number of esters is 1. The molecule has 48 heavy (non-hydrogen) atoms. The Hall–Kier alpha value is -4.64. The number of phenolic OH excluding ortho intramolecular Hbond substituents is 1. The molecule has 250 valence electrons. The number of aromatic nitrogens is 5. The molecule has 0 spiro atoms. The summed E-state index contributed by atoms with van der Waals surface area (Å²) in [7, 11) is 7.01. The van der Waals surface area contributed by atoms with E-state index in [1.807, 2.05) is 84.5 Å². The van der Waals surface area contributed by atoms with Gasteiger partial charge in [0.15, 0.2) is 0 Å². The van der Waals surface area contributed by atoms with Crippen LogP contribution >= 0.6 is 11.6 Å². The maximum absolute atomic E-state index is 12.9. The minimum atomic E-state index is -0.444. The molecule has 0 bridgehead atoms. The summed E-state index contributed by atoms with van der Waals surface area (Å²) in [6.45, 7) is 2.50. The number of hydrogen-bond donors (Lipinski definition) is 2. The molecule has 0 atom stereocenters. The molecule has 10 nitrogen and oxygen atoms in total. The first-order valence-electron chi connectivity index (χ1n) is 15.9. The number of hydrogen-bond acceptors (Lipinski definition) is 7. The van der Waals surface area contributed by atoms with Crippen molar-refractivity contribution < 1.29 is 24.5 Å². The molecule has 0 unspecified atom stereocenters. The summed E-state index contributed by atoms with van der Waals surface area (Å²) in [6.07, 6.45) is 2.55. The molecule has 6 rings (SSSR count). The van der Waals surface area contributed by atoms with E-state index in [1.165, 1.54) is 7.11 Å². The van der Waals surface area contributed by atoms with Crippen molar-refractivity contribution in [2.75, 3.05) is 13.7 Å². The lowest BCUT2D eigenvalue weighted by Crippen LogP contribution is -2.10. The number of nitrogens with zero attached hydrogens (tertiary/aromatic N) is 5. The number of methoxy groups -OCH3 is 1. The molecule has 0 aliphatic rings. The van der Waals surface area contributed by atoms with Crippen molar-refractivity contribution in [1.82, 2.24) is 24.1 Å². The highest BCUT2D eigenvalue weighted by Crippen LogP contribution is 2.42. The van der Waals surface area contributed by atoms with E-state index in [0.29, 0.717) is 35.9 Å². The number of halogens is 1. The van der Waals surface area contributed by atoms with Gasteiger partial charge in [-0.2, -0.15) is 10.2 Å². The van der Waals surface area contributed by atoms with E-state index in [2.05, 4.69) is 17.2 Å². The quantitative estimate of drug-likeness (QED) is 0.146. The van der Waals surface area contributed by atoms with Crippen molar-refractivity contribution >= 4 is 39.2 Å². The molecule has 0 radical (unpaired) electrons. The first-order valence-corrected chi connectivity index (χ1v) is 16.3. The number of aromatic hydroxyl groups is 1. The van der Waals surface area contributed by atoms with Crippen molar-refractivity contribution in [1.29, 1.82) is 0 Å². The summed E-state index contributed by atoms with van der Waals surface area (Å²) >= 11 is 6.93. The first-order chi connectivity index (χ1) is 23.1. The molecule has 0 fully saturated rings. The van der Waals surface area contributed by atoms with Gasteiger partial charge in [-0.15, -0.1) is 0 Å². The van der Waals surface area contributed by atoms with Crippen LogP contribution in [0.5, 0.6) is 5.75 Å². The van der Waals surface area contributed by atoms with Crippen molar-refractivity contribution in [3.8, 4) is 16.9 Å². The van der Waals surface area contributed by atoms with Crippen LogP contribution in [0.1, 0.15) is 50.8 Å². The SMILES string of the molecule is COC(=O)c1c(CCCO)c2ccc(Cl)c(-c3c(COCc4cc(CCc5cc(O)c6ccccc6c5)n(C)n4)nn(C)c3C)c2n1C. The summed E-state index contributed by atoms with van der Waals surface area (Å²) in [5.41, 5.74) is 8.21. The van der Waals surface area contributed by atoms with Gasteiger partial charge in [0.2, 0.25) is 0 Å². The van der Waals surface area contributed by atoms with Crippen LogP contribution in [0, 0.1) is 6.92 Å². The predicted octanol–water partition coefficient (Wildman–Crippen LogP) is 6.35. The monoisotopic (exact) mass is 669 g/mol. The van der Waals surface area contributed by atoms with Crippen LogP contribution in [0.3, 0.4) is 0 Å². The average Bonchev–Trinajstić information content (AvgIpc) is 3.67. The molecular formula is C37H40ClN5O5. The predicted molar refractivity (Wildman–Crippen MR) is 186 cm³/mol. The highest BCUT2D eigenvalue weighted by Gasteiger charge is 2.27. The molecule has 0 saturated carbocycles. The zero-order chi connectivity index (χ0) is 34.1. The second-order valence-electron chi connectivity index (χ2n) is 12.1. The number of phenols is 1. The minimum Gasteiger partial charge on any atom is -0.507 e. The molecule has 11 heteroatoms. The largest absolute Gasteiger partial charge is 0.507 e. The molecule has 0 aliphatic heterocycles. The lowest BCUT2D eigenvalue weighted by molar-refractivity contribution is 0.0589. The second kappa shape index (κ2) is 13.8. The van der Waals surface area contributed by atoms with E-state index in [4.69, 9.17) is 26.2 Å². The number of aryl methyl sites for hydroxylation is 6. The first kappa shape index (κ1) is 33.3. The Labute approximate surface area is 284 Å². The highest BCUT2D eigenvalue weighted by atomic mass is 35.5. The lowest BCUT2D eigenvalue weighted by atomic mass is 9.98. The topological polar surface area (TPSA) is 117 Å². The molecule has 6 aromatic rings. The normalized spacial score (nSPS) is 11.6. The Balaban J connectivity index is 1.24. The molecule has 0 amide bonds. The summed E-state index contributed by atoms with van der Waals surface area (Å²) in [6, 6.07) is 17.6. The Morgan fingerprint density at radius 2 is 1.71 bits per heavy atom. The van der Waals surface area contributed by atoms with Crippen LogP contribution in [-0.4, -0.2) is 54.0 Å². The van der Waals surface area contributed by atoms with Gasteiger partial charge in [0.05, 0.1) is 42.3 Å². The van der Waals surface area contributed by atoms with Gasteiger partial charge in [0, 0.05) is 61.0 Å². The minimum absolute atomic E-state index is 0.00736. The Morgan fingerprint density at radius 3 is 2.48 bits per heavy atom. The van der Waals surface area contributed by atoms with Gasteiger partial charge in [-0.25, -0.2) is 4.79 Å². The molecule has 3 aromatic carbocycles. The van der Waals surface area contributed by atoms with Gasteiger partial charge >= 0.3 is 5.97 Å². The van der Waals surface area contributed by atoms with E-state index in [9.17, 15) is 15.0 Å². The van der Waals surface area contributed by atoms with Crippen molar-refractivity contribution in [2.45, 2.75) is 45.8 Å². The van der Waals surface area contributed by atoms with Gasteiger partial charge in [-0.1, -0.05) is 48.0 Å². The Morgan fingerprint density at radius 1 is 0.917 bits per heavy atom. The van der Waals surface area contributed by atoms with Gasteiger partial charge in [-0.05, 0) is 67.3 Å². The van der Waals surface area contributed by atoms with Crippen LogP contribution in [0.4, 0.5) is 0 Å². The molecule has 3 aromatic heterocycles. The smallest absolute Gasteiger partial charge is 0.354 e. The second-order valence-corrected chi connectivity index (χ2v) is 12.5. The van der Waals surface area contributed by atoms with Gasteiger partial charge in [-0.3, -0.25) is 9.36 Å². The summed E-state index contributed by atoms with van der Waals surface area (Å²) in [5, 5.41) is 32.8. The number of rotatable bonds is 12. The summed E-state index contributed by atoms with van der Waals surface area (Å²) in [5.74, 6) is -0.151. The van der Waals surface area contributed by atoms with Crippen LogP contribution in [0.25, 0.3) is 32.8 Å². The maximum atomic E-state index is 12.9. The maximum Gasteiger partial charge on any atom is 0.354 e. The molecule has 0 saturated heterocycles. The summed E-state index contributed by atoms with van der Waals surface area (Å²) in [4.78, 5) is 12.9. The number of aliphatic hydroxyl groups excluding tert-OH is 1. The third-order valence-electron chi connectivity index (χ3n) is 9.11. The fraction of sp³-hybridized carbons (Fsp3) is 0.324.